The fraction of sp³-hybridized carbons (Fsp3) is 0.130. The van der Waals surface area contributed by atoms with Crippen molar-refractivity contribution in [2.45, 2.75) is 20.0 Å². The number of hydrogen-bond acceptors (Lipinski definition) is 2. The second-order valence-corrected chi connectivity index (χ2v) is 6.97. The highest BCUT2D eigenvalue weighted by Crippen LogP contribution is 2.07. The third-order valence-corrected chi connectivity index (χ3v) is 4.37. The SMILES string of the molecule is C=CC(=CC=CC)NC(=S)NCc1cccc(CNC(=S)Nc2ccccc2)c1. The van der Waals surface area contributed by atoms with Crippen molar-refractivity contribution >= 4 is 40.3 Å². The van der Waals surface area contributed by atoms with Gasteiger partial charge in [0.15, 0.2) is 10.2 Å². The van der Waals surface area contributed by atoms with Gasteiger partial charge >= 0.3 is 0 Å². The van der Waals surface area contributed by atoms with Gasteiger partial charge in [-0.2, -0.15) is 0 Å². The third-order valence-electron chi connectivity index (χ3n) is 3.88. The van der Waals surface area contributed by atoms with E-state index in [-0.39, 0.29) is 0 Å². The summed E-state index contributed by atoms with van der Waals surface area (Å²) in [5.74, 6) is 0. The van der Waals surface area contributed by atoms with Crippen molar-refractivity contribution in [3.8, 4) is 0 Å². The lowest BCUT2D eigenvalue weighted by Crippen LogP contribution is -2.33. The van der Waals surface area contributed by atoms with Crippen molar-refractivity contribution in [1.29, 1.82) is 0 Å². The zero-order chi connectivity index (χ0) is 20.9. The predicted molar refractivity (Wildman–Crippen MR) is 132 cm³/mol. The fourth-order valence-corrected chi connectivity index (χ4v) is 2.83. The summed E-state index contributed by atoms with van der Waals surface area (Å²) in [5.41, 5.74) is 4.08. The van der Waals surface area contributed by atoms with Gasteiger partial charge in [-0.15, -0.1) is 0 Å². The Labute approximate surface area is 183 Å². The number of anilines is 1. The molecular weight excluding hydrogens is 396 g/mol. The lowest BCUT2D eigenvalue weighted by molar-refractivity contribution is 0.879. The Hall–Kier alpha value is -2.96. The van der Waals surface area contributed by atoms with Crippen molar-refractivity contribution in [3.63, 3.8) is 0 Å². The Kier molecular flexibility index (Phi) is 9.62. The van der Waals surface area contributed by atoms with Crippen molar-refractivity contribution in [3.05, 3.63) is 102 Å². The highest BCUT2D eigenvalue weighted by atomic mass is 32.1. The number of hydrogen-bond donors (Lipinski definition) is 4. The first kappa shape index (κ1) is 22.3. The lowest BCUT2D eigenvalue weighted by Gasteiger charge is -2.13. The molecule has 0 aliphatic carbocycles. The molecule has 0 aromatic heterocycles. The Morgan fingerprint density at radius 3 is 2.21 bits per heavy atom. The maximum atomic E-state index is 5.36. The van der Waals surface area contributed by atoms with Gasteiger partial charge in [0.1, 0.15) is 0 Å². The van der Waals surface area contributed by atoms with Gasteiger partial charge < -0.3 is 21.3 Å². The first-order chi connectivity index (χ1) is 14.1. The van der Waals surface area contributed by atoms with Gasteiger partial charge in [-0.3, -0.25) is 0 Å². The summed E-state index contributed by atoms with van der Waals surface area (Å²) in [5, 5.41) is 13.9. The molecule has 0 aliphatic rings. The zero-order valence-corrected chi connectivity index (χ0v) is 18.1. The smallest absolute Gasteiger partial charge is 0.171 e. The minimum absolute atomic E-state index is 0.553. The molecule has 0 spiro atoms. The molecule has 0 heterocycles. The Morgan fingerprint density at radius 1 is 0.931 bits per heavy atom. The molecule has 0 amide bonds. The average Bonchev–Trinajstić information content (AvgIpc) is 2.74. The van der Waals surface area contributed by atoms with E-state index in [2.05, 4.69) is 46.0 Å². The molecule has 0 saturated heterocycles. The van der Waals surface area contributed by atoms with E-state index in [9.17, 15) is 0 Å². The van der Waals surface area contributed by atoms with Crippen LogP contribution in [0.15, 0.2) is 91.2 Å². The van der Waals surface area contributed by atoms with Crippen LogP contribution in [0.5, 0.6) is 0 Å². The van der Waals surface area contributed by atoms with E-state index in [4.69, 9.17) is 24.4 Å². The summed E-state index contributed by atoms with van der Waals surface area (Å²) in [7, 11) is 0. The maximum absolute atomic E-state index is 5.36. The van der Waals surface area contributed by atoms with E-state index < -0.39 is 0 Å². The summed E-state index contributed by atoms with van der Waals surface area (Å²) in [4.78, 5) is 0. The molecular formula is C23H26N4S2. The largest absolute Gasteiger partial charge is 0.358 e. The van der Waals surface area contributed by atoms with Gasteiger partial charge in [0.2, 0.25) is 0 Å². The third kappa shape index (κ3) is 8.72. The van der Waals surface area contributed by atoms with Crippen molar-refractivity contribution in [1.82, 2.24) is 16.0 Å². The molecule has 150 valence electrons. The molecule has 0 atom stereocenters. The zero-order valence-electron chi connectivity index (χ0n) is 16.4. The first-order valence-corrected chi connectivity index (χ1v) is 10.1. The molecule has 2 rings (SSSR count). The molecule has 0 fully saturated rings. The van der Waals surface area contributed by atoms with Crippen molar-refractivity contribution in [2.24, 2.45) is 0 Å². The molecule has 0 unspecified atom stereocenters. The summed E-state index contributed by atoms with van der Waals surface area (Å²) >= 11 is 10.7. The summed E-state index contributed by atoms with van der Waals surface area (Å²) in [6.07, 6.45) is 7.52. The predicted octanol–water partition coefficient (Wildman–Crippen LogP) is 4.78. The number of thiocarbonyl (C=S) groups is 2. The van der Waals surface area contributed by atoms with E-state index in [1.54, 1.807) is 6.08 Å². The molecule has 0 aliphatic heterocycles. The quantitative estimate of drug-likeness (QED) is 0.363. The van der Waals surface area contributed by atoms with E-state index in [0.29, 0.717) is 23.3 Å². The van der Waals surface area contributed by atoms with Crippen molar-refractivity contribution < 1.29 is 0 Å². The van der Waals surface area contributed by atoms with E-state index >= 15 is 0 Å². The summed E-state index contributed by atoms with van der Waals surface area (Å²) < 4.78 is 0. The molecule has 2 aromatic carbocycles. The average molecular weight is 423 g/mol. The highest BCUT2D eigenvalue weighted by molar-refractivity contribution is 7.80. The van der Waals surface area contributed by atoms with Crippen LogP contribution in [0.1, 0.15) is 18.1 Å². The van der Waals surface area contributed by atoms with Crippen LogP contribution < -0.4 is 21.3 Å². The Morgan fingerprint density at radius 2 is 1.59 bits per heavy atom. The Balaban J connectivity index is 1.82. The maximum Gasteiger partial charge on any atom is 0.171 e. The minimum Gasteiger partial charge on any atom is -0.358 e. The number of benzene rings is 2. The minimum atomic E-state index is 0.553. The van der Waals surface area contributed by atoms with Crippen LogP contribution in [-0.4, -0.2) is 10.2 Å². The lowest BCUT2D eigenvalue weighted by atomic mass is 10.1. The second kappa shape index (κ2) is 12.5. The van der Waals surface area contributed by atoms with Gasteiger partial charge in [-0.25, -0.2) is 0 Å². The van der Waals surface area contributed by atoms with Crippen LogP contribution in [0.2, 0.25) is 0 Å². The highest BCUT2D eigenvalue weighted by Gasteiger charge is 2.01. The van der Waals surface area contributed by atoms with Crippen LogP contribution >= 0.6 is 24.4 Å². The molecule has 29 heavy (non-hydrogen) atoms. The Bertz CT molecular complexity index is 889. The summed E-state index contributed by atoms with van der Waals surface area (Å²) in [6.45, 7) is 7.01. The fourth-order valence-electron chi connectivity index (χ4n) is 2.45. The van der Waals surface area contributed by atoms with Gasteiger partial charge in [-0.1, -0.05) is 61.2 Å². The first-order valence-electron chi connectivity index (χ1n) is 9.28. The van der Waals surface area contributed by atoms with Crippen LogP contribution in [-0.2, 0) is 13.1 Å². The topological polar surface area (TPSA) is 48.1 Å². The van der Waals surface area contributed by atoms with Crippen LogP contribution in [0.25, 0.3) is 0 Å². The van der Waals surface area contributed by atoms with Crippen LogP contribution in [0, 0.1) is 0 Å². The normalized spacial score (nSPS) is 11.0. The number of allylic oxidation sites excluding steroid dienone is 4. The monoisotopic (exact) mass is 422 g/mol. The molecule has 0 radical (unpaired) electrons. The van der Waals surface area contributed by atoms with Gasteiger partial charge in [0, 0.05) is 24.5 Å². The molecule has 0 saturated carbocycles. The second-order valence-electron chi connectivity index (χ2n) is 6.15. The molecule has 4 nitrogen and oxygen atoms in total. The molecule has 4 N–H and O–H groups in total. The van der Waals surface area contributed by atoms with Crippen LogP contribution in [0.4, 0.5) is 5.69 Å². The number of nitrogens with one attached hydrogen (secondary N) is 4. The molecule has 2 aromatic rings. The van der Waals surface area contributed by atoms with Gasteiger partial charge in [0.25, 0.3) is 0 Å². The van der Waals surface area contributed by atoms with Crippen molar-refractivity contribution in [2.75, 3.05) is 5.32 Å². The standard InChI is InChI=1S/C23H26N4S2/c1-3-5-12-20(4-2)26-22(28)24-16-18-10-9-11-19(15-18)17-25-23(29)27-21-13-7-6-8-14-21/h3-15H,2,16-17H2,1H3,(H2,24,26,28)(H2,25,27,29). The van der Waals surface area contributed by atoms with Gasteiger partial charge in [-0.05, 0) is 66.8 Å². The number of para-hydroxylation sites is 1. The van der Waals surface area contributed by atoms with Crippen LogP contribution in [0.3, 0.4) is 0 Å². The number of rotatable bonds is 8. The molecule has 6 heteroatoms. The van der Waals surface area contributed by atoms with Gasteiger partial charge in [0.05, 0.1) is 0 Å². The summed E-state index contributed by atoms with van der Waals surface area (Å²) in [6, 6.07) is 18.1. The van der Waals surface area contributed by atoms with E-state index in [1.807, 2.05) is 61.5 Å². The molecule has 0 bridgehead atoms. The van der Waals surface area contributed by atoms with E-state index in [1.165, 1.54) is 0 Å². The van der Waals surface area contributed by atoms with E-state index in [0.717, 1.165) is 22.5 Å².